The molecular formula is C19H16ClNO4S. The molecule has 2 unspecified atom stereocenters. The first-order valence-electron chi connectivity index (χ1n) is 8.17. The Bertz CT molecular complexity index is 1030. The van der Waals surface area contributed by atoms with Gasteiger partial charge in [0.25, 0.3) is 0 Å². The lowest BCUT2D eigenvalue weighted by atomic mass is 9.81. The van der Waals surface area contributed by atoms with Crippen LogP contribution in [0.2, 0.25) is 5.02 Å². The van der Waals surface area contributed by atoms with Crippen LogP contribution in [0.15, 0.2) is 52.4 Å². The lowest BCUT2D eigenvalue weighted by Crippen LogP contribution is -2.44. The Hall–Kier alpha value is -2.18. The number of ketones is 1. The van der Waals surface area contributed by atoms with Crippen LogP contribution in [0.1, 0.15) is 24.3 Å². The van der Waals surface area contributed by atoms with Crippen molar-refractivity contribution in [2.45, 2.75) is 28.9 Å². The number of Topliss-reactive ketones (excluding diaryl/α,β-unsaturated/α-hetero) is 1. The first-order chi connectivity index (χ1) is 12.4. The van der Waals surface area contributed by atoms with Gasteiger partial charge in [-0.05, 0) is 48.2 Å². The Kier molecular flexibility index (Phi) is 4.12. The van der Waals surface area contributed by atoms with Crippen LogP contribution in [0.25, 0.3) is 0 Å². The molecule has 1 saturated carbocycles. The zero-order valence-electron chi connectivity index (χ0n) is 14.0. The summed E-state index contributed by atoms with van der Waals surface area (Å²) in [4.78, 5) is 17.3. The van der Waals surface area contributed by atoms with Crippen molar-refractivity contribution in [3.05, 3.63) is 53.1 Å². The van der Waals surface area contributed by atoms with Crippen LogP contribution >= 0.6 is 11.6 Å². The van der Waals surface area contributed by atoms with Crippen molar-refractivity contribution in [2.75, 3.05) is 7.11 Å². The van der Waals surface area contributed by atoms with Gasteiger partial charge in [0.15, 0.2) is 20.9 Å². The van der Waals surface area contributed by atoms with E-state index < -0.39 is 15.1 Å². The van der Waals surface area contributed by atoms with E-state index in [-0.39, 0.29) is 23.0 Å². The van der Waals surface area contributed by atoms with Gasteiger partial charge < -0.3 is 4.74 Å². The third-order valence-electron chi connectivity index (χ3n) is 4.89. The van der Waals surface area contributed by atoms with Gasteiger partial charge in [-0.25, -0.2) is 8.42 Å². The van der Waals surface area contributed by atoms with Gasteiger partial charge in [-0.2, -0.15) is 0 Å². The maximum absolute atomic E-state index is 13.0. The molecule has 0 N–H and O–H groups in total. The number of rotatable bonds is 2. The molecule has 1 heterocycles. The number of methoxy groups -OCH3 is 1. The lowest BCUT2D eigenvalue weighted by Gasteiger charge is -2.32. The zero-order valence-corrected chi connectivity index (χ0v) is 15.5. The molecule has 134 valence electrons. The van der Waals surface area contributed by atoms with Crippen molar-refractivity contribution in [1.82, 2.24) is 0 Å². The molecule has 0 aromatic heterocycles. The highest BCUT2D eigenvalue weighted by Gasteiger charge is 2.46. The van der Waals surface area contributed by atoms with Gasteiger partial charge in [0, 0.05) is 17.2 Å². The van der Waals surface area contributed by atoms with Crippen molar-refractivity contribution in [3.8, 4) is 5.75 Å². The molecule has 2 atom stereocenters. The predicted octanol–water partition coefficient (Wildman–Crippen LogP) is 3.72. The summed E-state index contributed by atoms with van der Waals surface area (Å²) >= 11 is 5.94. The maximum atomic E-state index is 13.0. The topological polar surface area (TPSA) is 72.8 Å². The van der Waals surface area contributed by atoms with Crippen LogP contribution in [-0.4, -0.2) is 32.3 Å². The van der Waals surface area contributed by atoms with Crippen molar-refractivity contribution in [2.24, 2.45) is 4.99 Å². The number of ether oxygens (including phenoxy) is 1. The molecule has 0 amide bonds. The van der Waals surface area contributed by atoms with E-state index in [1.807, 2.05) is 24.3 Å². The number of hydrogen-bond acceptors (Lipinski definition) is 5. The molecule has 4 rings (SSSR count). The van der Waals surface area contributed by atoms with Crippen molar-refractivity contribution in [1.29, 1.82) is 0 Å². The standard InChI is InChI=1S/C19H16ClNO4S/c1-25-14-5-2-11(3-6-14)12-8-16-19(17(22)9-12)26(23,24)18-10-13(20)4-7-15(18)21-16/h2-7,10,12,19H,8-9H2,1H3. The van der Waals surface area contributed by atoms with E-state index in [4.69, 9.17) is 16.3 Å². The molecule has 2 aromatic rings. The molecule has 5 nitrogen and oxygen atoms in total. The van der Waals surface area contributed by atoms with Gasteiger partial charge >= 0.3 is 0 Å². The Morgan fingerprint density at radius 2 is 1.85 bits per heavy atom. The second-order valence-corrected chi connectivity index (χ2v) is 8.92. The lowest BCUT2D eigenvalue weighted by molar-refractivity contribution is -0.118. The van der Waals surface area contributed by atoms with Gasteiger partial charge in [-0.15, -0.1) is 0 Å². The number of fused-ring (bicyclic) bond motifs is 2. The fourth-order valence-corrected chi connectivity index (χ4v) is 5.76. The normalized spacial score (nSPS) is 23.6. The van der Waals surface area contributed by atoms with E-state index in [2.05, 4.69) is 4.99 Å². The minimum Gasteiger partial charge on any atom is -0.497 e. The Labute approximate surface area is 156 Å². The molecule has 0 spiro atoms. The molecule has 0 bridgehead atoms. The average Bonchev–Trinajstić information content (AvgIpc) is 2.62. The van der Waals surface area contributed by atoms with Crippen molar-refractivity contribution in [3.63, 3.8) is 0 Å². The number of carbonyl (C=O) groups excluding carboxylic acids is 1. The van der Waals surface area contributed by atoms with E-state index in [9.17, 15) is 13.2 Å². The van der Waals surface area contributed by atoms with Gasteiger partial charge in [-0.1, -0.05) is 23.7 Å². The first kappa shape index (κ1) is 17.2. The van der Waals surface area contributed by atoms with E-state index in [1.54, 1.807) is 19.2 Å². The molecular weight excluding hydrogens is 374 g/mol. The number of sulfone groups is 1. The van der Waals surface area contributed by atoms with Gasteiger partial charge in [0.1, 0.15) is 5.75 Å². The number of hydrogen-bond donors (Lipinski definition) is 0. The van der Waals surface area contributed by atoms with Crippen LogP contribution in [0.3, 0.4) is 0 Å². The van der Waals surface area contributed by atoms with Crippen LogP contribution in [0.4, 0.5) is 5.69 Å². The molecule has 0 saturated heterocycles. The summed E-state index contributed by atoms with van der Waals surface area (Å²) < 4.78 is 31.1. The molecule has 1 aliphatic heterocycles. The predicted molar refractivity (Wildman–Crippen MR) is 99.5 cm³/mol. The largest absolute Gasteiger partial charge is 0.497 e. The summed E-state index contributed by atoms with van der Waals surface area (Å²) in [5, 5.41) is -0.881. The first-order valence-corrected chi connectivity index (χ1v) is 10.1. The van der Waals surface area contributed by atoms with Gasteiger partial charge in [0.2, 0.25) is 0 Å². The third kappa shape index (κ3) is 2.73. The van der Waals surface area contributed by atoms with Gasteiger partial charge in [-0.3, -0.25) is 9.79 Å². The van der Waals surface area contributed by atoms with Crippen molar-refractivity contribution >= 4 is 38.6 Å². The number of halogens is 1. The number of carbonyl (C=O) groups is 1. The number of nitrogens with zero attached hydrogens (tertiary/aromatic N) is 1. The minimum absolute atomic E-state index is 0.0370. The number of benzene rings is 2. The fourth-order valence-electron chi connectivity index (χ4n) is 3.63. The third-order valence-corrected chi connectivity index (χ3v) is 7.22. The van der Waals surface area contributed by atoms with Crippen LogP contribution in [-0.2, 0) is 14.6 Å². The molecule has 2 aromatic carbocycles. The second kappa shape index (κ2) is 6.21. The fraction of sp³-hybridized carbons (Fsp3) is 0.263. The monoisotopic (exact) mass is 389 g/mol. The minimum atomic E-state index is -3.82. The molecule has 1 aliphatic carbocycles. The smallest absolute Gasteiger partial charge is 0.195 e. The number of aliphatic imine (C=N–C) groups is 1. The summed E-state index contributed by atoms with van der Waals surface area (Å²) in [6, 6.07) is 12.0. The Morgan fingerprint density at radius 1 is 1.12 bits per heavy atom. The van der Waals surface area contributed by atoms with E-state index >= 15 is 0 Å². The highest BCUT2D eigenvalue weighted by atomic mass is 35.5. The Morgan fingerprint density at radius 3 is 2.54 bits per heavy atom. The summed E-state index contributed by atoms with van der Waals surface area (Å²) in [5.41, 5.74) is 1.74. The molecule has 2 aliphatic rings. The maximum Gasteiger partial charge on any atom is 0.195 e. The summed E-state index contributed by atoms with van der Waals surface area (Å²) in [5.74, 6) is 0.325. The van der Waals surface area contributed by atoms with E-state index in [0.29, 0.717) is 22.8 Å². The Balaban J connectivity index is 1.75. The highest BCUT2D eigenvalue weighted by Crippen LogP contribution is 2.41. The summed E-state index contributed by atoms with van der Waals surface area (Å²) in [7, 11) is -2.22. The average molecular weight is 390 g/mol. The van der Waals surface area contributed by atoms with Crippen LogP contribution in [0, 0.1) is 0 Å². The molecule has 1 fully saturated rings. The summed E-state index contributed by atoms with van der Waals surface area (Å²) in [6.07, 6.45) is 0.606. The molecule has 7 heteroatoms. The summed E-state index contributed by atoms with van der Waals surface area (Å²) in [6.45, 7) is 0. The molecule has 0 radical (unpaired) electrons. The van der Waals surface area contributed by atoms with Crippen LogP contribution < -0.4 is 4.74 Å². The second-order valence-electron chi connectivity index (χ2n) is 6.48. The van der Waals surface area contributed by atoms with Crippen molar-refractivity contribution < 1.29 is 17.9 Å². The van der Waals surface area contributed by atoms with E-state index in [0.717, 1.165) is 11.3 Å². The van der Waals surface area contributed by atoms with Gasteiger partial charge in [0.05, 0.1) is 17.7 Å². The quantitative estimate of drug-likeness (QED) is 0.784. The van der Waals surface area contributed by atoms with E-state index in [1.165, 1.54) is 6.07 Å². The van der Waals surface area contributed by atoms with Crippen LogP contribution in [0.5, 0.6) is 5.75 Å². The molecule has 26 heavy (non-hydrogen) atoms. The zero-order chi connectivity index (χ0) is 18.5. The SMILES string of the molecule is COc1ccc(C2CC(=O)C3C(=Nc4ccc(Cl)cc4S3(=O)=O)C2)cc1. The highest BCUT2D eigenvalue weighted by molar-refractivity contribution is 7.94.